The lowest BCUT2D eigenvalue weighted by molar-refractivity contribution is -0.285. The normalized spacial score (nSPS) is 20.1. The van der Waals surface area contributed by atoms with Crippen molar-refractivity contribution in [3.63, 3.8) is 0 Å². The number of rotatable bonds is 14. The highest BCUT2D eigenvalue weighted by Gasteiger charge is 2.48. The summed E-state index contributed by atoms with van der Waals surface area (Å²) in [6.45, 7) is 5.23. The molecule has 0 aromatic heterocycles. The van der Waals surface area contributed by atoms with Gasteiger partial charge in [-0.1, -0.05) is 18.2 Å². The van der Waals surface area contributed by atoms with E-state index in [1.54, 1.807) is 30.3 Å². The Morgan fingerprint density at radius 2 is 1.34 bits per heavy atom. The smallest absolute Gasteiger partial charge is 0.308 e. The number of hydrogen-bond donors (Lipinski definition) is 0. The SMILES string of the molecule is COc1cc([C@H](OC(C)=O)[C@H](CO[C@@H]2OC[C@@H](OC(C)=O)[C@H](OC(C)=O)[C@H]2OC(C)=O)Oc2ccccc2OC)ccc1OC(C)=O. The Balaban J connectivity index is 2.04. The van der Waals surface area contributed by atoms with Gasteiger partial charge in [-0.15, -0.1) is 0 Å². The first-order valence-electron chi connectivity index (χ1n) is 14.4. The molecule has 1 aliphatic heterocycles. The van der Waals surface area contributed by atoms with E-state index in [4.69, 9.17) is 47.4 Å². The first-order chi connectivity index (χ1) is 22.3. The van der Waals surface area contributed by atoms with Crippen LogP contribution >= 0.6 is 0 Å². The van der Waals surface area contributed by atoms with Gasteiger partial charge in [-0.05, 0) is 24.3 Å². The van der Waals surface area contributed by atoms with Crippen molar-refractivity contribution >= 4 is 29.8 Å². The standard InChI is InChI=1S/C32H38O15/c1-17(33)42-25-13-12-22(14-26(25)39-7)29(44-19(3)35)27(47-24-11-9-8-10-23(24)38-6)15-40-32-31(46-21(5)37)30(45-20(4)36)28(16-41-32)43-18(2)34/h8-14,27-32H,15-16H2,1-7H3/t27-,28+,29-,30-,31+,32+/m0/s1. The van der Waals surface area contributed by atoms with E-state index in [1.165, 1.54) is 40.2 Å². The van der Waals surface area contributed by atoms with E-state index in [2.05, 4.69) is 0 Å². The summed E-state index contributed by atoms with van der Waals surface area (Å²) in [5.41, 5.74) is 0.366. The van der Waals surface area contributed by atoms with E-state index >= 15 is 0 Å². The summed E-state index contributed by atoms with van der Waals surface area (Å²) in [5.74, 6) is -2.50. The zero-order chi connectivity index (χ0) is 34.7. The van der Waals surface area contributed by atoms with Crippen molar-refractivity contribution in [3.05, 3.63) is 48.0 Å². The van der Waals surface area contributed by atoms with Crippen LogP contribution in [0, 0.1) is 0 Å². The molecule has 1 fully saturated rings. The lowest BCUT2D eigenvalue weighted by atomic mass is 10.0. The third kappa shape index (κ3) is 10.6. The molecular formula is C32H38O15. The molecule has 0 amide bonds. The monoisotopic (exact) mass is 662 g/mol. The summed E-state index contributed by atoms with van der Waals surface area (Å²) in [6.07, 6.45) is -7.45. The number of carbonyl (C=O) groups excluding carboxylic acids is 5. The fraction of sp³-hybridized carbons (Fsp3) is 0.469. The zero-order valence-electron chi connectivity index (χ0n) is 27.0. The molecule has 0 bridgehead atoms. The van der Waals surface area contributed by atoms with Crippen LogP contribution in [0.1, 0.15) is 46.3 Å². The molecule has 15 nitrogen and oxygen atoms in total. The third-order valence-corrected chi connectivity index (χ3v) is 6.48. The van der Waals surface area contributed by atoms with Gasteiger partial charge in [-0.3, -0.25) is 24.0 Å². The van der Waals surface area contributed by atoms with Crippen molar-refractivity contribution in [1.82, 2.24) is 0 Å². The molecule has 0 N–H and O–H groups in total. The van der Waals surface area contributed by atoms with Crippen LogP contribution in [0.4, 0.5) is 0 Å². The van der Waals surface area contributed by atoms with E-state index in [1.807, 2.05) is 0 Å². The molecule has 1 aliphatic rings. The Hall–Kier alpha value is -4.89. The van der Waals surface area contributed by atoms with E-state index in [-0.39, 0.29) is 30.5 Å². The van der Waals surface area contributed by atoms with Crippen LogP contribution in [0.3, 0.4) is 0 Å². The van der Waals surface area contributed by atoms with E-state index in [0.29, 0.717) is 11.3 Å². The minimum absolute atomic E-state index is 0.127. The number of hydrogen-bond acceptors (Lipinski definition) is 15. The van der Waals surface area contributed by atoms with Gasteiger partial charge in [0, 0.05) is 40.2 Å². The van der Waals surface area contributed by atoms with Gasteiger partial charge in [-0.2, -0.15) is 0 Å². The summed E-state index contributed by atoms with van der Waals surface area (Å²) in [5, 5.41) is 0. The number of para-hydroxylation sites is 2. The number of ether oxygens (including phenoxy) is 10. The summed E-state index contributed by atoms with van der Waals surface area (Å²) in [6, 6.07) is 11.2. The van der Waals surface area contributed by atoms with Gasteiger partial charge in [0.05, 0.1) is 27.4 Å². The molecule has 1 saturated heterocycles. The third-order valence-electron chi connectivity index (χ3n) is 6.48. The second-order valence-corrected chi connectivity index (χ2v) is 10.2. The number of methoxy groups -OCH3 is 2. The maximum absolute atomic E-state index is 12.4. The van der Waals surface area contributed by atoms with Crippen molar-refractivity contribution < 1.29 is 71.3 Å². The van der Waals surface area contributed by atoms with Gasteiger partial charge in [0.15, 0.2) is 59.8 Å². The Kier molecular flexibility index (Phi) is 13.3. The molecule has 47 heavy (non-hydrogen) atoms. The van der Waals surface area contributed by atoms with Crippen LogP contribution in [0.25, 0.3) is 0 Å². The molecule has 256 valence electrons. The predicted molar refractivity (Wildman–Crippen MR) is 159 cm³/mol. The van der Waals surface area contributed by atoms with Gasteiger partial charge in [0.2, 0.25) is 0 Å². The summed E-state index contributed by atoms with van der Waals surface area (Å²) in [4.78, 5) is 59.9. The molecule has 6 atom stereocenters. The van der Waals surface area contributed by atoms with Crippen molar-refractivity contribution in [2.45, 2.75) is 71.4 Å². The highest BCUT2D eigenvalue weighted by Crippen LogP contribution is 2.36. The van der Waals surface area contributed by atoms with Crippen LogP contribution in [0.2, 0.25) is 0 Å². The molecule has 15 heteroatoms. The first kappa shape index (κ1) is 36.6. The highest BCUT2D eigenvalue weighted by atomic mass is 16.7. The molecule has 0 aliphatic carbocycles. The maximum atomic E-state index is 12.4. The van der Waals surface area contributed by atoms with E-state index in [0.717, 1.165) is 20.8 Å². The van der Waals surface area contributed by atoms with Crippen molar-refractivity contribution in [3.8, 4) is 23.0 Å². The molecule has 2 aromatic rings. The Morgan fingerprint density at radius 1 is 0.723 bits per heavy atom. The Labute approximate surface area is 271 Å². The van der Waals surface area contributed by atoms with E-state index in [9.17, 15) is 24.0 Å². The minimum Gasteiger partial charge on any atom is -0.493 e. The van der Waals surface area contributed by atoms with E-state index < -0.39 is 66.7 Å². The molecule has 0 spiro atoms. The Bertz CT molecular complexity index is 1420. The average molecular weight is 663 g/mol. The number of benzene rings is 2. The molecule has 0 unspecified atom stereocenters. The lowest BCUT2D eigenvalue weighted by Gasteiger charge is -2.40. The lowest BCUT2D eigenvalue weighted by Crippen LogP contribution is -2.58. The Morgan fingerprint density at radius 3 is 1.91 bits per heavy atom. The minimum atomic E-state index is -1.38. The maximum Gasteiger partial charge on any atom is 0.308 e. The van der Waals surface area contributed by atoms with Crippen LogP contribution in [-0.4, -0.2) is 88.0 Å². The van der Waals surface area contributed by atoms with Gasteiger partial charge >= 0.3 is 29.8 Å². The largest absolute Gasteiger partial charge is 0.493 e. The predicted octanol–water partition coefficient (Wildman–Crippen LogP) is 2.85. The molecule has 1 heterocycles. The number of esters is 5. The summed E-state index contributed by atoms with van der Waals surface area (Å²) < 4.78 is 56.1. The zero-order valence-corrected chi connectivity index (χ0v) is 27.0. The first-order valence-corrected chi connectivity index (χ1v) is 14.4. The molecule has 0 saturated carbocycles. The second-order valence-electron chi connectivity index (χ2n) is 10.2. The van der Waals surface area contributed by atoms with Crippen molar-refractivity contribution in [2.75, 3.05) is 27.4 Å². The highest BCUT2D eigenvalue weighted by molar-refractivity contribution is 5.71. The quantitative estimate of drug-likeness (QED) is 0.164. The van der Waals surface area contributed by atoms with Gasteiger partial charge in [-0.25, -0.2) is 0 Å². The number of carbonyl (C=O) groups is 5. The summed E-state index contributed by atoms with van der Waals surface area (Å²) >= 11 is 0. The van der Waals surface area contributed by atoms with Crippen LogP contribution < -0.4 is 18.9 Å². The van der Waals surface area contributed by atoms with Crippen LogP contribution in [0.15, 0.2) is 42.5 Å². The van der Waals surface area contributed by atoms with Gasteiger partial charge < -0.3 is 47.4 Å². The van der Waals surface area contributed by atoms with Crippen molar-refractivity contribution in [1.29, 1.82) is 0 Å². The average Bonchev–Trinajstić information content (AvgIpc) is 2.99. The van der Waals surface area contributed by atoms with Gasteiger partial charge in [0.1, 0.15) is 0 Å². The molecule has 0 radical (unpaired) electrons. The van der Waals surface area contributed by atoms with Crippen molar-refractivity contribution in [2.24, 2.45) is 0 Å². The topological polar surface area (TPSA) is 178 Å². The second kappa shape index (κ2) is 17.1. The fourth-order valence-corrected chi connectivity index (χ4v) is 4.74. The summed E-state index contributed by atoms with van der Waals surface area (Å²) in [7, 11) is 2.82. The molecule has 3 rings (SSSR count). The van der Waals surface area contributed by atoms with Crippen LogP contribution in [0.5, 0.6) is 23.0 Å². The molecular weight excluding hydrogens is 624 g/mol. The van der Waals surface area contributed by atoms with Crippen LogP contribution in [-0.2, 0) is 52.4 Å². The molecule has 2 aromatic carbocycles. The fourth-order valence-electron chi connectivity index (χ4n) is 4.74. The van der Waals surface area contributed by atoms with Gasteiger partial charge in [0.25, 0.3) is 0 Å².